The fourth-order valence-corrected chi connectivity index (χ4v) is 3.89. The quantitative estimate of drug-likeness (QED) is 0.836. The zero-order valence-electron chi connectivity index (χ0n) is 13.2. The maximum atomic E-state index is 12.3. The summed E-state index contributed by atoms with van der Waals surface area (Å²) in [6.07, 6.45) is 6.41. The fraction of sp³-hybridized carbons (Fsp3) is 0.733. The summed E-state index contributed by atoms with van der Waals surface area (Å²) < 4.78 is 29.6. The summed E-state index contributed by atoms with van der Waals surface area (Å²) in [7, 11) is -3.60. The summed E-state index contributed by atoms with van der Waals surface area (Å²) in [6, 6.07) is 1.67. The lowest BCUT2D eigenvalue weighted by Crippen LogP contribution is -2.43. The first-order chi connectivity index (χ1) is 10.4. The van der Waals surface area contributed by atoms with E-state index in [9.17, 15) is 13.2 Å². The molecule has 1 aromatic rings. The van der Waals surface area contributed by atoms with E-state index in [1.807, 2.05) is 0 Å². The third-order valence-corrected chi connectivity index (χ3v) is 6.11. The molecule has 0 aromatic carbocycles. The average Bonchev–Trinajstić information content (AvgIpc) is 2.70. The molecule has 22 heavy (non-hydrogen) atoms. The summed E-state index contributed by atoms with van der Waals surface area (Å²) in [4.78, 5) is 12.2. The minimum absolute atomic E-state index is 0.0974. The topological polar surface area (TPSA) is 89.3 Å². The lowest BCUT2D eigenvalue weighted by molar-refractivity contribution is -0.121. The van der Waals surface area contributed by atoms with E-state index in [2.05, 4.69) is 10.5 Å². The number of nitrogens with zero attached hydrogens (tertiary/aromatic N) is 1. The van der Waals surface area contributed by atoms with Gasteiger partial charge in [0.15, 0.2) is 15.6 Å². The second-order valence-corrected chi connectivity index (χ2v) is 8.40. The summed E-state index contributed by atoms with van der Waals surface area (Å²) in [5, 5.41) is 5.48. The van der Waals surface area contributed by atoms with Crippen LogP contribution in [0.5, 0.6) is 0 Å². The number of sulfone groups is 1. The van der Waals surface area contributed by atoms with Crippen LogP contribution in [0.4, 0.5) is 0 Å². The second kappa shape index (κ2) is 7.26. The van der Waals surface area contributed by atoms with Crippen LogP contribution in [0.2, 0.25) is 0 Å². The summed E-state index contributed by atoms with van der Waals surface area (Å²) in [5.41, 5.74) is 0.626. The monoisotopic (exact) mass is 328 g/mol. The molecule has 0 radical (unpaired) electrons. The van der Waals surface area contributed by atoms with Crippen LogP contribution in [-0.2, 0) is 20.4 Å². The van der Waals surface area contributed by atoms with E-state index in [0.717, 1.165) is 25.7 Å². The molecule has 6 nitrogen and oxygen atoms in total. The molecule has 1 saturated carbocycles. The van der Waals surface area contributed by atoms with E-state index in [-0.39, 0.29) is 17.6 Å². The van der Waals surface area contributed by atoms with Gasteiger partial charge in [0.1, 0.15) is 11.0 Å². The van der Waals surface area contributed by atoms with E-state index in [4.69, 9.17) is 4.52 Å². The molecule has 1 heterocycles. The molecule has 1 unspecified atom stereocenters. The molecule has 7 heteroatoms. The smallest absolute Gasteiger partial charge is 0.238 e. The van der Waals surface area contributed by atoms with Crippen LogP contribution in [-0.4, -0.2) is 30.8 Å². The number of aromatic nitrogens is 1. The van der Waals surface area contributed by atoms with Gasteiger partial charge in [-0.15, -0.1) is 0 Å². The molecule has 2 rings (SSSR count). The van der Waals surface area contributed by atoms with Crippen LogP contribution >= 0.6 is 0 Å². The number of hydrogen-bond acceptors (Lipinski definition) is 5. The van der Waals surface area contributed by atoms with Crippen molar-refractivity contribution in [2.24, 2.45) is 0 Å². The molecule has 1 amide bonds. The molecule has 0 aliphatic heterocycles. The van der Waals surface area contributed by atoms with Gasteiger partial charge in [0.05, 0.1) is 5.69 Å². The zero-order chi connectivity index (χ0) is 16.2. The maximum Gasteiger partial charge on any atom is 0.238 e. The lowest BCUT2D eigenvalue weighted by atomic mass is 10.1. The Morgan fingerprint density at radius 1 is 1.36 bits per heavy atom. The summed E-state index contributed by atoms with van der Waals surface area (Å²) >= 11 is 0. The zero-order valence-corrected chi connectivity index (χ0v) is 14.0. The number of amides is 1. The maximum absolute atomic E-state index is 12.3. The third kappa shape index (κ3) is 4.56. The first-order valence-corrected chi connectivity index (χ1v) is 9.54. The third-order valence-electron chi connectivity index (χ3n) is 4.13. The van der Waals surface area contributed by atoms with Crippen molar-refractivity contribution in [2.75, 3.05) is 0 Å². The second-order valence-electron chi connectivity index (χ2n) is 6.08. The number of carbonyl (C=O) groups is 1. The Morgan fingerprint density at radius 2 is 2.00 bits per heavy atom. The van der Waals surface area contributed by atoms with Crippen LogP contribution in [0.1, 0.15) is 56.9 Å². The number of aryl methyl sites for hydroxylation is 1. The largest absolute Gasteiger partial charge is 0.360 e. The minimum Gasteiger partial charge on any atom is -0.360 e. The highest BCUT2D eigenvalue weighted by Crippen LogP contribution is 2.18. The first-order valence-electron chi connectivity index (χ1n) is 7.82. The van der Waals surface area contributed by atoms with Crippen molar-refractivity contribution in [3.05, 3.63) is 17.5 Å². The first kappa shape index (κ1) is 17.0. The Bertz CT molecular complexity index is 601. The Labute approximate surface area is 131 Å². The summed E-state index contributed by atoms with van der Waals surface area (Å²) in [6.45, 7) is 3.16. The highest BCUT2D eigenvalue weighted by molar-refractivity contribution is 7.92. The number of rotatable bonds is 5. The Kier molecular flexibility index (Phi) is 5.61. The SMILES string of the molecule is Cc1cc(CS(=O)(=O)C(C)C(=O)NC2CCCCCC2)on1. The Balaban J connectivity index is 1.95. The van der Waals surface area contributed by atoms with E-state index in [0.29, 0.717) is 5.69 Å². The predicted molar refractivity (Wildman–Crippen MR) is 83.0 cm³/mol. The molecule has 1 N–H and O–H groups in total. The van der Waals surface area contributed by atoms with Crippen molar-refractivity contribution in [2.45, 2.75) is 69.4 Å². The van der Waals surface area contributed by atoms with Crippen molar-refractivity contribution >= 4 is 15.7 Å². The fourth-order valence-electron chi connectivity index (χ4n) is 2.71. The van der Waals surface area contributed by atoms with Crippen molar-refractivity contribution in [1.82, 2.24) is 10.5 Å². The lowest BCUT2D eigenvalue weighted by Gasteiger charge is -2.19. The molecule has 1 aliphatic rings. The van der Waals surface area contributed by atoms with Crippen LogP contribution < -0.4 is 5.32 Å². The normalized spacial score (nSPS) is 18.6. The van der Waals surface area contributed by atoms with Crippen LogP contribution in [0.3, 0.4) is 0 Å². The van der Waals surface area contributed by atoms with Gasteiger partial charge < -0.3 is 9.84 Å². The molecular weight excluding hydrogens is 304 g/mol. The Hall–Kier alpha value is -1.37. The highest BCUT2D eigenvalue weighted by Gasteiger charge is 2.30. The van der Waals surface area contributed by atoms with Gasteiger partial charge in [-0.3, -0.25) is 4.79 Å². The van der Waals surface area contributed by atoms with Crippen molar-refractivity contribution in [3.8, 4) is 0 Å². The van der Waals surface area contributed by atoms with Gasteiger partial charge in [0.2, 0.25) is 5.91 Å². The average molecular weight is 328 g/mol. The van der Waals surface area contributed by atoms with Gasteiger partial charge in [-0.25, -0.2) is 8.42 Å². The molecule has 0 saturated heterocycles. The number of hydrogen-bond donors (Lipinski definition) is 1. The molecule has 1 fully saturated rings. The van der Waals surface area contributed by atoms with Crippen molar-refractivity contribution < 1.29 is 17.7 Å². The van der Waals surface area contributed by atoms with Crippen LogP contribution in [0, 0.1) is 6.92 Å². The van der Waals surface area contributed by atoms with E-state index in [1.165, 1.54) is 19.8 Å². The molecule has 124 valence electrons. The van der Waals surface area contributed by atoms with Crippen molar-refractivity contribution in [1.29, 1.82) is 0 Å². The van der Waals surface area contributed by atoms with E-state index in [1.54, 1.807) is 13.0 Å². The molecule has 1 atom stereocenters. The molecular formula is C15H24N2O4S. The van der Waals surface area contributed by atoms with Crippen molar-refractivity contribution in [3.63, 3.8) is 0 Å². The Morgan fingerprint density at radius 3 is 2.55 bits per heavy atom. The molecule has 0 spiro atoms. The minimum atomic E-state index is -3.60. The standard InChI is InChI=1S/C15H24N2O4S/c1-11-9-14(21-17-11)10-22(19,20)12(2)15(18)16-13-7-5-3-4-6-8-13/h9,12-13H,3-8,10H2,1-2H3,(H,16,18). The van der Waals surface area contributed by atoms with Gasteiger partial charge in [0, 0.05) is 12.1 Å². The van der Waals surface area contributed by atoms with E-state index >= 15 is 0 Å². The predicted octanol–water partition coefficient (Wildman–Crippen LogP) is 2.13. The molecule has 1 aliphatic carbocycles. The van der Waals surface area contributed by atoms with Gasteiger partial charge in [-0.05, 0) is 26.7 Å². The molecule has 1 aromatic heterocycles. The molecule has 0 bridgehead atoms. The van der Waals surface area contributed by atoms with Crippen LogP contribution in [0.15, 0.2) is 10.6 Å². The highest BCUT2D eigenvalue weighted by atomic mass is 32.2. The van der Waals surface area contributed by atoms with Gasteiger partial charge in [-0.2, -0.15) is 0 Å². The number of carbonyl (C=O) groups excluding carboxylic acids is 1. The summed E-state index contributed by atoms with van der Waals surface area (Å²) in [5.74, 6) is -0.442. The van der Waals surface area contributed by atoms with Gasteiger partial charge in [-0.1, -0.05) is 30.8 Å². The number of nitrogens with one attached hydrogen (secondary N) is 1. The van der Waals surface area contributed by atoms with Gasteiger partial charge in [0.25, 0.3) is 0 Å². The van der Waals surface area contributed by atoms with Crippen LogP contribution in [0.25, 0.3) is 0 Å². The van der Waals surface area contributed by atoms with Gasteiger partial charge >= 0.3 is 0 Å². The van der Waals surface area contributed by atoms with E-state index < -0.39 is 21.0 Å².